The lowest BCUT2D eigenvalue weighted by Crippen LogP contribution is -2.27. The van der Waals surface area contributed by atoms with Crippen LogP contribution in [0.4, 0.5) is 5.69 Å². The lowest BCUT2D eigenvalue weighted by atomic mass is 10.1. The number of fused-ring (bicyclic) bond motifs is 1. The lowest BCUT2D eigenvalue weighted by molar-refractivity contribution is 0.0940. The van der Waals surface area contributed by atoms with Gasteiger partial charge in [0.15, 0.2) is 11.5 Å². The van der Waals surface area contributed by atoms with Crippen LogP contribution in [0.3, 0.4) is 0 Å². The molecule has 1 aliphatic heterocycles. The van der Waals surface area contributed by atoms with E-state index in [1.807, 2.05) is 23.8 Å². The van der Waals surface area contributed by atoms with Crippen LogP contribution in [0.25, 0.3) is 0 Å². The van der Waals surface area contributed by atoms with Gasteiger partial charge < -0.3 is 20.5 Å². The normalized spacial score (nSPS) is 14.1. The van der Waals surface area contributed by atoms with E-state index in [1.54, 1.807) is 23.5 Å². The van der Waals surface area contributed by atoms with Crippen LogP contribution in [0.15, 0.2) is 29.0 Å². The molecule has 3 rings (SSSR count). The van der Waals surface area contributed by atoms with Crippen molar-refractivity contribution >= 4 is 22.9 Å². The van der Waals surface area contributed by atoms with Gasteiger partial charge in [-0.1, -0.05) is 0 Å². The van der Waals surface area contributed by atoms with E-state index in [-0.39, 0.29) is 18.7 Å². The number of nitrogens with two attached hydrogens (primary N) is 1. The Morgan fingerprint density at radius 1 is 1.40 bits per heavy atom. The van der Waals surface area contributed by atoms with E-state index in [0.717, 1.165) is 5.56 Å². The fraction of sp³-hybridized carbons (Fsp3) is 0.214. The third-order valence-electron chi connectivity index (χ3n) is 3.18. The van der Waals surface area contributed by atoms with E-state index in [2.05, 4.69) is 5.32 Å². The number of rotatable bonds is 3. The molecule has 6 heteroatoms. The third kappa shape index (κ3) is 2.30. The summed E-state index contributed by atoms with van der Waals surface area (Å²) in [6, 6.07) is 5.15. The van der Waals surface area contributed by atoms with Crippen molar-refractivity contribution in [3.63, 3.8) is 0 Å². The molecule has 1 aromatic carbocycles. The van der Waals surface area contributed by atoms with E-state index in [9.17, 15) is 4.79 Å². The summed E-state index contributed by atoms with van der Waals surface area (Å²) in [5.74, 6) is 0.900. The highest BCUT2D eigenvalue weighted by molar-refractivity contribution is 7.07. The average molecular weight is 290 g/mol. The van der Waals surface area contributed by atoms with Gasteiger partial charge in [-0.2, -0.15) is 11.3 Å². The molecule has 0 bridgehead atoms. The number of nitrogens with one attached hydrogen (secondary N) is 1. The van der Waals surface area contributed by atoms with Crippen molar-refractivity contribution in [1.82, 2.24) is 5.32 Å². The molecule has 1 aromatic heterocycles. The molecule has 104 valence electrons. The predicted molar refractivity (Wildman–Crippen MR) is 77.2 cm³/mol. The Morgan fingerprint density at radius 2 is 2.15 bits per heavy atom. The number of nitrogen functional groups attached to an aromatic ring is 1. The summed E-state index contributed by atoms with van der Waals surface area (Å²) in [6.45, 7) is 2.09. The molecule has 0 saturated heterocycles. The zero-order valence-corrected chi connectivity index (χ0v) is 11.7. The van der Waals surface area contributed by atoms with Crippen LogP contribution in [0.5, 0.6) is 11.5 Å². The van der Waals surface area contributed by atoms with Crippen LogP contribution in [0.2, 0.25) is 0 Å². The second-order valence-corrected chi connectivity index (χ2v) is 5.32. The lowest BCUT2D eigenvalue weighted by Gasteiger charge is -2.14. The van der Waals surface area contributed by atoms with E-state index >= 15 is 0 Å². The molecule has 0 saturated carbocycles. The first-order chi connectivity index (χ1) is 9.65. The summed E-state index contributed by atoms with van der Waals surface area (Å²) in [6.07, 6.45) is 0. The van der Waals surface area contributed by atoms with Gasteiger partial charge in [-0.25, -0.2) is 0 Å². The molecule has 1 unspecified atom stereocenters. The Bertz CT molecular complexity index is 640. The van der Waals surface area contributed by atoms with Gasteiger partial charge in [0.1, 0.15) is 0 Å². The maximum absolute atomic E-state index is 12.3. The third-order valence-corrected chi connectivity index (χ3v) is 3.88. The molecular weight excluding hydrogens is 276 g/mol. The minimum Gasteiger partial charge on any atom is -0.454 e. The summed E-state index contributed by atoms with van der Waals surface area (Å²) in [5.41, 5.74) is 7.74. The minimum absolute atomic E-state index is 0.0708. The molecule has 0 radical (unpaired) electrons. The SMILES string of the molecule is CC(NC(=O)c1cc2c(cc1N)OCO2)c1ccsc1. The number of carbonyl (C=O) groups is 1. The number of benzene rings is 1. The van der Waals surface area contributed by atoms with Crippen molar-refractivity contribution in [2.24, 2.45) is 0 Å². The van der Waals surface area contributed by atoms with E-state index in [0.29, 0.717) is 22.7 Å². The van der Waals surface area contributed by atoms with Crippen LogP contribution in [-0.4, -0.2) is 12.7 Å². The van der Waals surface area contributed by atoms with Gasteiger partial charge >= 0.3 is 0 Å². The van der Waals surface area contributed by atoms with Gasteiger partial charge in [-0.15, -0.1) is 0 Å². The minimum atomic E-state index is -0.223. The summed E-state index contributed by atoms with van der Waals surface area (Å²) < 4.78 is 10.5. The molecule has 1 aliphatic rings. The summed E-state index contributed by atoms with van der Waals surface area (Å²) in [5, 5.41) is 6.91. The predicted octanol–water partition coefficient (Wildman–Crippen LogP) is 2.55. The number of amides is 1. The van der Waals surface area contributed by atoms with Gasteiger partial charge in [0, 0.05) is 11.8 Å². The summed E-state index contributed by atoms with van der Waals surface area (Å²) in [7, 11) is 0. The van der Waals surface area contributed by atoms with Crippen LogP contribution >= 0.6 is 11.3 Å². The highest BCUT2D eigenvalue weighted by atomic mass is 32.1. The van der Waals surface area contributed by atoms with Gasteiger partial charge in [0.25, 0.3) is 5.91 Å². The molecule has 0 fully saturated rings. The van der Waals surface area contributed by atoms with Crippen LogP contribution in [-0.2, 0) is 0 Å². The first-order valence-corrected chi connectivity index (χ1v) is 7.11. The fourth-order valence-corrected chi connectivity index (χ4v) is 2.79. The molecule has 2 aromatic rings. The topological polar surface area (TPSA) is 73.6 Å². The molecule has 0 aliphatic carbocycles. The Hall–Kier alpha value is -2.21. The Kier molecular flexibility index (Phi) is 3.23. The smallest absolute Gasteiger partial charge is 0.253 e. The van der Waals surface area contributed by atoms with Crippen molar-refractivity contribution in [3.8, 4) is 11.5 Å². The average Bonchev–Trinajstić information content (AvgIpc) is 3.08. The zero-order chi connectivity index (χ0) is 14.1. The van der Waals surface area contributed by atoms with Crippen LogP contribution < -0.4 is 20.5 Å². The quantitative estimate of drug-likeness (QED) is 0.852. The van der Waals surface area contributed by atoms with Crippen molar-refractivity contribution in [3.05, 3.63) is 40.1 Å². The van der Waals surface area contributed by atoms with Crippen LogP contribution in [0, 0.1) is 0 Å². The Labute approximate surface area is 120 Å². The number of ether oxygens (including phenoxy) is 2. The maximum atomic E-state index is 12.3. The van der Waals surface area contributed by atoms with Gasteiger partial charge in [-0.3, -0.25) is 4.79 Å². The number of hydrogen-bond donors (Lipinski definition) is 2. The number of anilines is 1. The number of carbonyl (C=O) groups excluding carboxylic acids is 1. The van der Waals surface area contributed by atoms with Gasteiger partial charge in [-0.05, 0) is 35.4 Å². The van der Waals surface area contributed by atoms with Crippen molar-refractivity contribution in [1.29, 1.82) is 0 Å². The summed E-state index contributed by atoms with van der Waals surface area (Å²) >= 11 is 1.60. The van der Waals surface area contributed by atoms with E-state index < -0.39 is 0 Å². The standard InChI is InChI=1S/C14H14N2O3S/c1-8(9-2-3-20-6-9)16-14(17)10-4-12-13(5-11(10)15)19-7-18-12/h2-6,8H,7,15H2,1H3,(H,16,17). The molecule has 3 N–H and O–H groups in total. The molecule has 1 atom stereocenters. The fourth-order valence-electron chi connectivity index (χ4n) is 2.03. The summed E-state index contributed by atoms with van der Waals surface area (Å²) in [4.78, 5) is 12.3. The maximum Gasteiger partial charge on any atom is 0.253 e. The van der Waals surface area contributed by atoms with Crippen molar-refractivity contribution in [2.75, 3.05) is 12.5 Å². The molecular formula is C14H14N2O3S. The molecule has 0 spiro atoms. The Balaban J connectivity index is 1.81. The first-order valence-electron chi connectivity index (χ1n) is 6.17. The monoisotopic (exact) mass is 290 g/mol. The van der Waals surface area contributed by atoms with Crippen LogP contribution in [0.1, 0.15) is 28.9 Å². The molecule has 5 nitrogen and oxygen atoms in total. The second-order valence-electron chi connectivity index (χ2n) is 4.54. The highest BCUT2D eigenvalue weighted by Crippen LogP contribution is 2.36. The van der Waals surface area contributed by atoms with Gasteiger partial charge in [0.05, 0.1) is 11.6 Å². The second kappa shape index (κ2) is 5.05. The molecule has 20 heavy (non-hydrogen) atoms. The molecule has 2 heterocycles. The van der Waals surface area contributed by atoms with Crippen molar-refractivity contribution in [2.45, 2.75) is 13.0 Å². The Morgan fingerprint density at radius 3 is 2.85 bits per heavy atom. The van der Waals surface area contributed by atoms with E-state index in [1.165, 1.54) is 0 Å². The number of hydrogen-bond acceptors (Lipinski definition) is 5. The molecule has 1 amide bonds. The van der Waals surface area contributed by atoms with Crippen molar-refractivity contribution < 1.29 is 14.3 Å². The highest BCUT2D eigenvalue weighted by Gasteiger charge is 2.20. The van der Waals surface area contributed by atoms with E-state index in [4.69, 9.17) is 15.2 Å². The van der Waals surface area contributed by atoms with Gasteiger partial charge in [0.2, 0.25) is 6.79 Å². The largest absolute Gasteiger partial charge is 0.454 e. The first kappa shape index (κ1) is 12.8. The number of thiophene rings is 1. The zero-order valence-electron chi connectivity index (χ0n) is 10.9.